The molecule has 5 rings (SSSR count). The van der Waals surface area contributed by atoms with E-state index in [1.165, 1.54) is 0 Å². The Kier molecular flexibility index (Phi) is 5.92. The number of aromatic amines is 1. The number of fused-ring (bicyclic) bond motifs is 1. The van der Waals surface area contributed by atoms with Crippen LogP contribution in [0.3, 0.4) is 0 Å². The van der Waals surface area contributed by atoms with Crippen LogP contribution in [0, 0.1) is 0 Å². The molecule has 0 spiro atoms. The molecule has 2 aliphatic rings. The minimum atomic E-state index is -0.499. The summed E-state index contributed by atoms with van der Waals surface area (Å²) in [5, 5.41) is 0. The minimum Gasteiger partial charge on any atom is -0.496 e. The Bertz CT molecular complexity index is 1140. The molecule has 1 amide bonds. The fourth-order valence-electron chi connectivity index (χ4n) is 4.66. The molecule has 3 aromatic rings. The van der Waals surface area contributed by atoms with Gasteiger partial charge in [0, 0.05) is 36.2 Å². The molecule has 8 heteroatoms. The number of methoxy groups -OCH3 is 1. The van der Waals surface area contributed by atoms with Gasteiger partial charge < -0.3 is 24.9 Å². The molecule has 0 radical (unpaired) electrons. The number of nitrogens with two attached hydrogens (primary N) is 1. The van der Waals surface area contributed by atoms with Gasteiger partial charge in [0.2, 0.25) is 0 Å². The number of imidazole rings is 1. The standard InChI is InChI=1S/C25H28N4O4/c1-31-19-13-21-20(32-10-11-33-21)12-18(19)15-29-9-5-8-17(14-29)25-27-22(23(28-25)24(26)30)16-6-3-2-4-7-16/h2-4,6-7,12-13,17H,5,8-11,14-15H2,1H3,(H2,26,30)(H,27,28)/t17-/m0/s1. The second-order valence-corrected chi connectivity index (χ2v) is 8.46. The van der Waals surface area contributed by atoms with E-state index in [-0.39, 0.29) is 5.92 Å². The van der Waals surface area contributed by atoms with Crippen molar-refractivity contribution in [3.63, 3.8) is 0 Å². The van der Waals surface area contributed by atoms with Gasteiger partial charge in [0.15, 0.2) is 11.5 Å². The van der Waals surface area contributed by atoms with E-state index in [1.807, 2.05) is 42.5 Å². The summed E-state index contributed by atoms with van der Waals surface area (Å²) in [5.41, 5.74) is 8.57. The third kappa shape index (κ3) is 4.39. The number of primary amides is 1. The van der Waals surface area contributed by atoms with E-state index in [9.17, 15) is 4.79 Å². The highest BCUT2D eigenvalue weighted by molar-refractivity contribution is 5.97. The molecule has 3 heterocycles. The number of piperidine rings is 1. The Balaban J connectivity index is 1.37. The highest BCUT2D eigenvalue weighted by Gasteiger charge is 2.27. The largest absolute Gasteiger partial charge is 0.496 e. The Labute approximate surface area is 192 Å². The number of ether oxygens (including phenoxy) is 3. The van der Waals surface area contributed by atoms with E-state index in [1.54, 1.807) is 7.11 Å². The van der Waals surface area contributed by atoms with Crippen LogP contribution in [0.1, 0.15) is 40.6 Å². The lowest BCUT2D eigenvalue weighted by Gasteiger charge is -2.32. The molecule has 1 saturated heterocycles. The first-order chi connectivity index (χ1) is 16.1. The molecule has 1 aromatic heterocycles. The smallest absolute Gasteiger partial charge is 0.267 e. The van der Waals surface area contributed by atoms with Crippen LogP contribution < -0.4 is 19.9 Å². The molecule has 172 valence electrons. The highest BCUT2D eigenvalue weighted by Crippen LogP contribution is 2.38. The minimum absolute atomic E-state index is 0.178. The first-order valence-corrected chi connectivity index (χ1v) is 11.3. The Hall–Kier alpha value is -3.52. The summed E-state index contributed by atoms with van der Waals surface area (Å²) in [7, 11) is 1.67. The number of nitrogens with zero attached hydrogens (tertiary/aromatic N) is 2. The average molecular weight is 449 g/mol. The number of hydrogen-bond donors (Lipinski definition) is 2. The molecular formula is C25H28N4O4. The van der Waals surface area contributed by atoms with E-state index in [2.05, 4.69) is 9.88 Å². The van der Waals surface area contributed by atoms with Gasteiger partial charge in [0.1, 0.15) is 36.2 Å². The third-order valence-electron chi connectivity index (χ3n) is 6.25. The molecule has 0 aliphatic carbocycles. The summed E-state index contributed by atoms with van der Waals surface area (Å²) in [5.74, 6) is 2.76. The zero-order valence-electron chi connectivity index (χ0n) is 18.7. The van der Waals surface area contributed by atoms with Crippen LogP contribution in [-0.2, 0) is 6.54 Å². The van der Waals surface area contributed by atoms with Crippen molar-refractivity contribution in [1.29, 1.82) is 0 Å². The van der Waals surface area contributed by atoms with Crippen molar-refractivity contribution in [2.75, 3.05) is 33.4 Å². The van der Waals surface area contributed by atoms with Crippen molar-refractivity contribution in [2.45, 2.75) is 25.3 Å². The molecule has 8 nitrogen and oxygen atoms in total. The summed E-state index contributed by atoms with van der Waals surface area (Å²) in [6.07, 6.45) is 2.03. The number of nitrogens with one attached hydrogen (secondary N) is 1. The highest BCUT2D eigenvalue weighted by atomic mass is 16.6. The van der Waals surface area contributed by atoms with Crippen molar-refractivity contribution in [3.8, 4) is 28.5 Å². The SMILES string of the molecule is COc1cc2c(cc1CN1CCC[C@H](c3nc(-c4ccccc4)c(C(N)=O)[nH]3)C1)OCCO2. The molecule has 3 N–H and O–H groups in total. The number of H-pyrrole nitrogens is 1. The predicted octanol–water partition coefficient (Wildman–Crippen LogP) is 3.34. The summed E-state index contributed by atoms with van der Waals surface area (Å²) in [6.45, 7) is 3.62. The maximum Gasteiger partial charge on any atom is 0.267 e. The van der Waals surface area contributed by atoms with Crippen LogP contribution in [0.15, 0.2) is 42.5 Å². The van der Waals surface area contributed by atoms with Crippen molar-refractivity contribution < 1.29 is 19.0 Å². The summed E-state index contributed by atoms with van der Waals surface area (Å²) >= 11 is 0. The van der Waals surface area contributed by atoms with Crippen LogP contribution in [0.5, 0.6) is 17.2 Å². The van der Waals surface area contributed by atoms with Crippen molar-refractivity contribution in [3.05, 3.63) is 59.5 Å². The molecule has 0 unspecified atom stereocenters. The molecule has 1 fully saturated rings. The van der Waals surface area contributed by atoms with Crippen molar-refractivity contribution in [1.82, 2.24) is 14.9 Å². The fourth-order valence-corrected chi connectivity index (χ4v) is 4.66. The number of carbonyl (C=O) groups is 1. The predicted molar refractivity (Wildman–Crippen MR) is 124 cm³/mol. The monoisotopic (exact) mass is 448 g/mol. The van der Waals surface area contributed by atoms with E-state index >= 15 is 0 Å². The summed E-state index contributed by atoms with van der Waals surface area (Å²) in [6, 6.07) is 13.6. The third-order valence-corrected chi connectivity index (χ3v) is 6.25. The van der Waals surface area contributed by atoms with Gasteiger partial charge >= 0.3 is 0 Å². The van der Waals surface area contributed by atoms with Gasteiger partial charge in [-0.25, -0.2) is 4.98 Å². The van der Waals surface area contributed by atoms with E-state index in [4.69, 9.17) is 24.9 Å². The molecular weight excluding hydrogens is 420 g/mol. The molecule has 2 aromatic carbocycles. The number of hydrogen-bond acceptors (Lipinski definition) is 6. The zero-order chi connectivity index (χ0) is 22.8. The summed E-state index contributed by atoms with van der Waals surface area (Å²) in [4.78, 5) is 22.5. The van der Waals surface area contributed by atoms with Crippen LogP contribution >= 0.6 is 0 Å². The number of amides is 1. The molecule has 2 aliphatic heterocycles. The second-order valence-electron chi connectivity index (χ2n) is 8.46. The van der Waals surface area contributed by atoms with E-state index < -0.39 is 5.91 Å². The average Bonchev–Trinajstić information content (AvgIpc) is 3.30. The van der Waals surface area contributed by atoms with Crippen LogP contribution in [0.4, 0.5) is 0 Å². The normalized spacial score (nSPS) is 18.2. The Morgan fingerprint density at radius 3 is 2.70 bits per heavy atom. The number of likely N-dealkylation sites (tertiary alicyclic amines) is 1. The van der Waals surface area contributed by atoms with Gasteiger partial charge in [-0.2, -0.15) is 0 Å². The fraction of sp³-hybridized carbons (Fsp3) is 0.360. The van der Waals surface area contributed by atoms with E-state index in [0.29, 0.717) is 24.6 Å². The maximum absolute atomic E-state index is 12.1. The second kappa shape index (κ2) is 9.15. The molecule has 0 saturated carbocycles. The molecule has 1 atom stereocenters. The lowest BCUT2D eigenvalue weighted by Crippen LogP contribution is -2.34. The van der Waals surface area contributed by atoms with Gasteiger partial charge in [0.05, 0.1) is 7.11 Å². The van der Waals surface area contributed by atoms with Crippen LogP contribution in [0.25, 0.3) is 11.3 Å². The zero-order valence-corrected chi connectivity index (χ0v) is 18.7. The van der Waals surface area contributed by atoms with Gasteiger partial charge in [-0.1, -0.05) is 30.3 Å². The van der Waals surface area contributed by atoms with Gasteiger partial charge in [-0.05, 0) is 25.5 Å². The molecule has 0 bridgehead atoms. The van der Waals surface area contributed by atoms with Gasteiger partial charge in [-0.15, -0.1) is 0 Å². The molecule has 33 heavy (non-hydrogen) atoms. The Morgan fingerprint density at radius 2 is 1.97 bits per heavy atom. The quantitative estimate of drug-likeness (QED) is 0.600. The van der Waals surface area contributed by atoms with Crippen molar-refractivity contribution in [2.24, 2.45) is 5.73 Å². The van der Waals surface area contributed by atoms with Crippen LogP contribution in [0.2, 0.25) is 0 Å². The maximum atomic E-state index is 12.1. The number of aromatic nitrogens is 2. The Morgan fingerprint density at radius 1 is 1.21 bits per heavy atom. The van der Waals surface area contributed by atoms with Gasteiger partial charge in [0.25, 0.3) is 5.91 Å². The number of carbonyl (C=O) groups excluding carboxylic acids is 1. The van der Waals surface area contributed by atoms with Crippen molar-refractivity contribution >= 4 is 5.91 Å². The van der Waals surface area contributed by atoms with E-state index in [0.717, 1.165) is 66.7 Å². The lowest BCUT2D eigenvalue weighted by atomic mass is 9.96. The van der Waals surface area contributed by atoms with Crippen LogP contribution in [-0.4, -0.2) is 54.2 Å². The lowest BCUT2D eigenvalue weighted by molar-refractivity contribution is 0.0996. The topological polar surface area (TPSA) is 103 Å². The first kappa shape index (κ1) is 21.3. The first-order valence-electron chi connectivity index (χ1n) is 11.3. The summed E-state index contributed by atoms with van der Waals surface area (Å²) < 4.78 is 17.1. The number of rotatable bonds is 6. The van der Waals surface area contributed by atoms with Gasteiger partial charge in [-0.3, -0.25) is 9.69 Å². The number of benzene rings is 2.